The van der Waals surface area contributed by atoms with E-state index in [1.54, 1.807) is 25.3 Å². The molecule has 0 fully saturated rings. The summed E-state index contributed by atoms with van der Waals surface area (Å²) in [6.45, 7) is 0. The van der Waals surface area contributed by atoms with E-state index in [1.807, 2.05) is 25.2 Å². The number of nitroso groups, excluding NO2 is 1. The molecule has 20 heavy (non-hydrogen) atoms. The van der Waals surface area contributed by atoms with E-state index in [-0.39, 0.29) is 0 Å². The summed E-state index contributed by atoms with van der Waals surface area (Å²) in [5, 5.41) is 7.97. The monoisotopic (exact) mass is 267 g/mol. The lowest BCUT2D eigenvalue weighted by molar-refractivity contribution is 0.419. The molecular weight excluding hydrogens is 254 g/mol. The van der Waals surface area contributed by atoms with Gasteiger partial charge in [0.1, 0.15) is 17.0 Å². The lowest BCUT2D eigenvalue weighted by atomic mass is 10.1. The van der Waals surface area contributed by atoms with E-state index < -0.39 is 0 Å². The highest BCUT2D eigenvalue weighted by atomic mass is 16.5. The van der Waals surface area contributed by atoms with E-state index in [0.717, 1.165) is 33.2 Å². The number of pyridine rings is 1. The Morgan fingerprint density at radius 2 is 2.05 bits per heavy atom. The number of ether oxygens (including phenoxy) is 1. The molecule has 100 valence electrons. The van der Waals surface area contributed by atoms with Crippen molar-refractivity contribution in [3.05, 3.63) is 41.3 Å². The van der Waals surface area contributed by atoms with E-state index in [4.69, 9.17) is 4.74 Å². The maximum atomic E-state index is 10.7. The topological polar surface area (TPSA) is 63.6 Å². The molecule has 0 aliphatic carbocycles. The highest BCUT2D eigenvalue weighted by Gasteiger charge is 2.11. The Morgan fingerprint density at radius 1 is 1.20 bits per heavy atom. The SMILES string of the molecule is CNc1c2cc(N=O)ccc2nc2c(OC)cccc12. The Morgan fingerprint density at radius 3 is 2.75 bits per heavy atom. The molecule has 1 aromatic heterocycles. The summed E-state index contributed by atoms with van der Waals surface area (Å²) in [7, 11) is 3.47. The van der Waals surface area contributed by atoms with Crippen LogP contribution in [0.5, 0.6) is 5.75 Å². The molecule has 5 heteroatoms. The Bertz CT molecular complexity index is 815. The molecule has 2 aromatic carbocycles. The molecule has 1 heterocycles. The Labute approximate surface area is 115 Å². The summed E-state index contributed by atoms with van der Waals surface area (Å²) in [6, 6.07) is 10.9. The lowest BCUT2D eigenvalue weighted by Crippen LogP contribution is -1.95. The average Bonchev–Trinajstić information content (AvgIpc) is 2.51. The van der Waals surface area contributed by atoms with Crippen LogP contribution in [0.1, 0.15) is 0 Å². The third-order valence-electron chi connectivity index (χ3n) is 3.33. The van der Waals surface area contributed by atoms with Crippen LogP contribution in [-0.2, 0) is 0 Å². The quantitative estimate of drug-likeness (QED) is 0.578. The molecule has 0 amide bonds. The van der Waals surface area contributed by atoms with Crippen molar-refractivity contribution in [2.75, 3.05) is 19.5 Å². The first kappa shape index (κ1) is 12.3. The summed E-state index contributed by atoms with van der Waals surface area (Å²) in [4.78, 5) is 15.3. The van der Waals surface area contributed by atoms with E-state index >= 15 is 0 Å². The Hall–Kier alpha value is -2.69. The molecule has 0 unspecified atom stereocenters. The molecule has 0 bridgehead atoms. The number of para-hydroxylation sites is 1. The molecule has 3 aromatic rings. The van der Waals surface area contributed by atoms with E-state index in [1.165, 1.54) is 0 Å². The summed E-state index contributed by atoms with van der Waals surface area (Å²) in [6.07, 6.45) is 0. The zero-order valence-electron chi connectivity index (χ0n) is 11.2. The molecule has 0 saturated heterocycles. The van der Waals surface area contributed by atoms with Crippen LogP contribution in [0.25, 0.3) is 21.8 Å². The third kappa shape index (κ3) is 1.75. The zero-order chi connectivity index (χ0) is 14.1. The van der Waals surface area contributed by atoms with Gasteiger partial charge in [-0.2, -0.15) is 0 Å². The lowest BCUT2D eigenvalue weighted by Gasteiger charge is -2.12. The van der Waals surface area contributed by atoms with E-state index in [0.29, 0.717) is 5.69 Å². The van der Waals surface area contributed by atoms with Gasteiger partial charge in [-0.1, -0.05) is 12.1 Å². The molecule has 0 radical (unpaired) electrons. The maximum absolute atomic E-state index is 10.7. The van der Waals surface area contributed by atoms with Gasteiger partial charge in [-0.05, 0) is 29.4 Å². The van der Waals surface area contributed by atoms with Crippen LogP contribution in [0.3, 0.4) is 0 Å². The smallest absolute Gasteiger partial charge is 0.145 e. The van der Waals surface area contributed by atoms with Crippen LogP contribution in [0.4, 0.5) is 11.4 Å². The van der Waals surface area contributed by atoms with Gasteiger partial charge in [0.25, 0.3) is 0 Å². The van der Waals surface area contributed by atoms with E-state index in [9.17, 15) is 4.91 Å². The summed E-state index contributed by atoms with van der Waals surface area (Å²) in [5.74, 6) is 0.721. The highest BCUT2D eigenvalue weighted by molar-refractivity contribution is 6.09. The minimum absolute atomic E-state index is 0.387. The molecular formula is C15H13N3O2. The van der Waals surface area contributed by atoms with Gasteiger partial charge in [-0.3, -0.25) is 0 Å². The van der Waals surface area contributed by atoms with Gasteiger partial charge in [0.2, 0.25) is 0 Å². The summed E-state index contributed by atoms with van der Waals surface area (Å²) < 4.78 is 5.36. The number of aromatic nitrogens is 1. The van der Waals surface area contributed by atoms with Crippen molar-refractivity contribution in [3.8, 4) is 5.75 Å². The van der Waals surface area contributed by atoms with Gasteiger partial charge in [0, 0.05) is 17.8 Å². The largest absolute Gasteiger partial charge is 0.494 e. The van der Waals surface area contributed by atoms with Gasteiger partial charge in [-0.25, -0.2) is 4.98 Å². The fourth-order valence-corrected chi connectivity index (χ4v) is 2.42. The number of anilines is 1. The molecule has 1 N–H and O–H groups in total. The number of nitrogens with zero attached hydrogens (tertiary/aromatic N) is 2. The van der Waals surface area contributed by atoms with Crippen LogP contribution < -0.4 is 10.1 Å². The second kappa shape index (κ2) is 4.77. The van der Waals surface area contributed by atoms with Crippen molar-refractivity contribution in [2.45, 2.75) is 0 Å². The zero-order valence-corrected chi connectivity index (χ0v) is 11.2. The second-order valence-electron chi connectivity index (χ2n) is 4.39. The van der Waals surface area contributed by atoms with Crippen molar-refractivity contribution >= 4 is 33.2 Å². The van der Waals surface area contributed by atoms with Crippen molar-refractivity contribution < 1.29 is 4.74 Å². The number of methoxy groups -OCH3 is 1. The maximum Gasteiger partial charge on any atom is 0.145 e. The molecule has 0 spiro atoms. The van der Waals surface area contributed by atoms with Gasteiger partial charge in [0.15, 0.2) is 0 Å². The van der Waals surface area contributed by atoms with Crippen LogP contribution >= 0.6 is 0 Å². The minimum Gasteiger partial charge on any atom is -0.494 e. The fourth-order valence-electron chi connectivity index (χ4n) is 2.42. The molecule has 0 saturated carbocycles. The Kier molecular flexibility index (Phi) is 2.95. The standard InChI is InChI=1S/C15H13N3O2/c1-16-14-10-4-3-5-13(20-2)15(10)17-12-7-6-9(18-19)8-11(12)14/h3-8H,1-2H3,(H,16,17). The number of hydrogen-bond acceptors (Lipinski definition) is 5. The predicted molar refractivity (Wildman–Crippen MR) is 80.8 cm³/mol. The fraction of sp³-hybridized carbons (Fsp3) is 0.133. The van der Waals surface area contributed by atoms with Crippen LogP contribution in [0.2, 0.25) is 0 Å². The first-order chi connectivity index (χ1) is 9.78. The molecule has 5 nitrogen and oxygen atoms in total. The third-order valence-corrected chi connectivity index (χ3v) is 3.33. The van der Waals surface area contributed by atoms with Crippen LogP contribution in [-0.4, -0.2) is 19.1 Å². The highest BCUT2D eigenvalue weighted by Crippen LogP contribution is 2.36. The second-order valence-corrected chi connectivity index (χ2v) is 4.39. The first-order valence-electron chi connectivity index (χ1n) is 6.20. The van der Waals surface area contributed by atoms with Crippen molar-refractivity contribution in [2.24, 2.45) is 5.18 Å². The molecule has 0 atom stereocenters. The Balaban J connectivity index is 2.49. The number of nitrogens with one attached hydrogen (secondary N) is 1. The van der Waals surface area contributed by atoms with Gasteiger partial charge < -0.3 is 10.1 Å². The average molecular weight is 267 g/mol. The number of benzene rings is 2. The molecule has 3 rings (SSSR count). The van der Waals surface area contributed by atoms with Gasteiger partial charge >= 0.3 is 0 Å². The van der Waals surface area contributed by atoms with Crippen LogP contribution in [0, 0.1) is 4.91 Å². The van der Waals surface area contributed by atoms with Crippen molar-refractivity contribution in [1.82, 2.24) is 4.98 Å². The number of fused-ring (bicyclic) bond motifs is 2. The van der Waals surface area contributed by atoms with Crippen molar-refractivity contribution in [3.63, 3.8) is 0 Å². The minimum atomic E-state index is 0.387. The normalized spacial score (nSPS) is 10.7. The number of hydrogen-bond donors (Lipinski definition) is 1. The van der Waals surface area contributed by atoms with Crippen molar-refractivity contribution in [1.29, 1.82) is 0 Å². The summed E-state index contributed by atoms with van der Waals surface area (Å²) in [5.41, 5.74) is 2.88. The van der Waals surface area contributed by atoms with E-state index in [2.05, 4.69) is 15.5 Å². The van der Waals surface area contributed by atoms with Gasteiger partial charge in [-0.15, -0.1) is 4.91 Å². The molecule has 0 aliphatic heterocycles. The van der Waals surface area contributed by atoms with Crippen LogP contribution in [0.15, 0.2) is 41.6 Å². The molecule has 0 aliphatic rings. The van der Waals surface area contributed by atoms with Gasteiger partial charge in [0.05, 0.1) is 18.3 Å². The predicted octanol–water partition coefficient (Wildman–Crippen LogP) is 3.84. The number of rotatable bonds is 3. The first-order valence-corrected chi connectivity index (χ1v) is 6.20. The summed E-state index contributed by atoms with van der Waals surface area (Å²) >= 11 is 0.